The minimum atomic E-state index is -0.748. The second-order valence-electron chi connectivity index (χ2n) is 6.99. The monoisotopic (exact) mass is 425 g/mol. The fourth-order valence-electron chi connectivity index (χ4n) is 2.83. The second kappa shape index (κ2) is 12.0. The zero-order chi connectivity index (χ0) is 21.9. The van der Waals surface area contributed by atoms with Gasteiger partial charge in [0, 0.05) is 24.5 Å². The van der Waals surface area contributed by atoms with E-state index < -0.39 is 12.3 Å². The Morgan fingerprint density at radius 3 is 2.52 bits per heavy atom. The number of nitrogens with one attached hydrogen (secondary N) is 1. The average molecular weight is 425 g/mol. The van der Waals surface area contributed by atoms with Crippen molar-refractivity contribution in [2.75, 3.05) is 13.2 Å². The smallest absolute Gasteiger partial charge is 0.224 e. The van der Waals surface area contributed by atoms with Crippen molar-refractivity contribution in [3.8, 4) is 17.4 Å². The molecule has 0 spiro atoms. The molecule has 2 heterocycles. The Hall–Kier alpha value is -3.04. The average Bonchev–Trinajstić information content (AvgIpc) is 2.82. The zero-order valence-electron chi connectivity index (χ0n) is 17.1. The number of nitrogens with zero attached hydrogens (tertiary/aromatic N) is 2. The van der Waals surface area contributed by atoms with Crippen molar-refractivity contribution in [1.82, 2.24) is 15.3 Å². The molecule has 0 saturated carbocycles. The molecule has 1 aromatic carbocycles. The molecule has 8 heteroatoms. The Morgan fingerprint density at radius 1 is 0.968 bits per heavy atom. The molecule has 31 heavy (non-hydrogen) atoms. The van der Waals surface area contributed by atoms with E-state index in [9.17, 15) is 15.3 Å². The number of aryl methyl sites for hydroxylation is 1. The SMILES string of the molecule is OCc1cccnc1Oc1ccc(CC[C@H](O)NCC(O)COc2cccnc2)cc1. The van der Waals surface area contributed by atoms with Crippen LogP contribution in [0.2, 0.25) is 0 Å². The predicted octanol–water partition coefficient (Wildman–Crippen LogP) is 2.04. The van der Waals surface area contributed by atoms with Gasteiger partial charge in [-0.3, -0.25) is 10.3 Å². The van der Waals surface area contributed by atoms with Crippen molar-refractivity contribution in [3.05, 3.63) is 78.2 Å². The van der Waals surface area contributed by atoms with Gasteiger partial charge in [0.05, 0.1) is 12.8 Å². The quantitative estimate of drug-likeness (QED) is 0.326. The second-order valence-corrected chi connectivity index (χ2v) is 6.99. The van der Waals surface area contributed by atoms with Gasteiger partial charge in [-0.25, -0.2) is 4.98 Å². The molecule has 8 nitrogen and oxygen atoms in total. The van der Waals surface area contributed by atoms with Crippen molar-refractivity contribution < 1.29 is 24.8 Å². The van der Waals surface area contributed by atoms with Crippen LogP contribution in [0, 0.1) is 0 Å². The van der Waals surface area contributed by atoms with Gasteiger partial charge in [0.2, 0.25) is 5.88 Å². The van der Waals surface area contributed by atoms with Gasteiger partial charge in [-0.05, 0) is 54.8 Å². The van der Waals surface area contributed by atoms with Crippen LogP contribution in [0.4, 0.5) is 0 Å². The molecule has 0 aliphatic heterocycles. The summed E-state index contributed by atoms with van der Waals surface area (Å²) < 4.78 is 11.2. The Balaban J connectivity index is 1.37. The van der Waals surface area contributed by atoms with Crippen LogP contribution in [0.25, 0.3) is 0 Å². The third kappa shape index (κ3) is 7.62. The van der Waals surface area contributed by atoms with Crippen LogP contribution >= 0.6 is 0 Å². The summed E-state index contributed by atoms with van der Waals surface area (Å²) in [5.41, 5.74) is 1.66. The summed E-state index contributed by atoms with van der Waals surface area (Å²) in [7, 11) is 0. The first-order chi connectivity index (χ1) is 15.1. The molecular formula is C23H27N3O5. The van der Waals surface area contributed by atoms with Crippen molar-refractivity contribution >= 4 is 0 Å². The standard InChI is InChI=1S/C23H27N3O5/c27-15-18-3-1-12-25-23(18)31-20-8-5-17(6-9-20)7-10-22(29)26-13-19(28)16-30-21-4-2-11-24-14-21/h1-6,8-9,11-12,14,19,22,26-29H,7,10,13,15-16H2/t19?,22-/m0/s1. The summed E-state index contributed by atoms with van der Waals surface area (Å²) in [4.78, 5) is 8.08. The maximum Gasteiger partial charge on any atom is 0.224 e. The summed E-state index contributed by atoms with van der Waals surface area (Å²) in [6.07, 6.45) is 4.49. The minimum absolute atomic E-state index is 0.112. The molecule has 3 aromatic rings. The van der Waals surface area contributed by atoms with Crippen LogP contribution < -0.4 is 14.8 Å². The van der Waals surface area contributed by atoms with E-state index in [-0.39, 0.29) is 19.8 Å². The van der Waals surface area contributed by atoms with Crippen molar-refractivity contribution in [1.29, 1.82) is 0 Å². The topological polar surface area (TPSA) is 117 Å². The Labute approximate surface area is 181 Å². The molecule has 2 atom stereocenters. The van der Waals surface area contributed by atoms with Crippen molar-refractivity contribution in [2.24, 2.45) is 0 Å². The number of ether oxygens (including phenoxy) is 2. The molecule has 164 valence electrons. The third-order valence-electron chi connectivity index (χ3n) is 4.53. The summed E-state index contributed by atoms with van der Waals surface area (Å²) in [5.74, 6) is 1.58. The number of aromatic nitrogens is 2. The first-order valence-corrected chi connectivity index (χ1v) is 10.1. The molecule has 0 saturated heterocycles. The fourth-order valence-corrected chi connectivity index (χ4v) is 2.83. The van der Waals surface area contributed by atoms with Gasteiger partial charge >= 0.3 is 0 Å². The maximum atomic E-state index is 10.1. The number of hydrogen-bond donors (Lipinski definition) is 4. The normalized spacial score (nSPS) is 12.9. The van der Waals surface area contributed by atoms with Gasteiger partial charge in [-0.2, -0.15) is 0 Å². The van der Waals surface area contributed by atoms with Crippen molar-refractivity contribution in [3.63, 3.8) is 0 Å². The summed E-state index contributed by atoms with van der Waals surface area (Å²) in [6.45, 7) is 0.184. The van der Waals surface area contributed by atoms with Gasteiger partial charge in [-0.1, -0.05) is 12.1 Å². The summed E-state index contributed by atoms with van der Waals surface area (Å²) in [5, 5.41) is 32.3. The third-order valence-corrected chi connectivity index (χ3v) is 4.53. The summed E-state index contributed by atoms with van der Waals surface area (Å²) in [6, 6.07) is 14.5. The predicted molar refractivity (Wildman–Crippen MR) is 115 cm³/mol. The number of rotatable bonds is 12. The molecular weight excluding hydrogens is 398 g/mol. The summed E-state index contributed by atoms with van der Waals surface area (Å²) >= 11 is 0. The van der Waals surface area contributed by atoms with Crippen molar-refractivity contribution in [2.45, 2.75) is 31.8 Å². The number of pyridine rings is 2. The molecule has 4 N–H and O–H groups in total. The number of aliphatic hydroxyl groups excluding tert-OH is 3. The van der Waals surface area contributed by atoms with Gasteiger partial charge in [-0.15, -0.1) is 0 Å². The van der Waals surface area contributed by atoms with E-state index in [4.69, 9.17) is 9.47 Å². The lowest BCUT2D eigenvalue weighted by Crippen LogP contribution is -2.38. The molecule has 0 amide bonds. The first-order valence-electron chi connectivity index (χ1n) is 10.1. The van der Waals surface area contributed by atoms with Gasteiger partial charge < -0.3 is 24.8 Å². The highest BCUT2D eigenvalue weighted by atomic mass is 16.5. The van der Waals surface area contributed by atoms with Crippen LogP contribution in [-0.2, 0) is 13.0 Å². The molecule has 2 aromatic heterocycles. The molecule has 0 bridgehead atoms. The lowest BCUT2D eigenvalue weighted by Gasteiger charge is -2.17. The number of hydrogen-bond acceptors (Lipinski definition) is 8. The van der Waals surface area contributed by atoms with Crippen LogP contribution in [-0.4, -0.2) is 50.8 Å². The van der Waals surface area contributed by atoms with E-state index >= 15 is 0 Å². The molecule has 0 aliphatic rings. The first kappa shape index (κ1) is 22.6. The lowest BCUT2D eigenvalue weighted by molar-refractivity contribution is 0.0711. The highest BCUT2D eigenvalue weighted by Crippen LogP contribution is 2.23. The largest absolute Gasteiger partial charge is 0.489 e. The number of benzene rings is 1. The zero-order valence-corrected chi connectivity index (χ0v) is 17.1. The minimum Gasteiger partial charge on any atom is -0.489 e. The molecule has 0 aliphatic carbocycles. The Kier molecular flexibility index (Phi) is 8.74. The fraction of sp³-hybridized carbons (Fsp3) is 0.304. The Bertz CT molecular complexity index is 909. The van der Waals surface area contributed by atoms with E-state index in [1.54, 1.807) is 42.9 Å². The number of aliphatic hydroxyl groups is 3. The molecule has 0 radical (unpaired) electrons. The van der Waals surface area contributed by atoms with E-state index in [0.717, 1.165) is 5.56 Å². The van der Waals surface area contributed by atoms with E-state index in [1.807, 2.05) is 24.3 Å². The van der Waals surface area contributed by atoms with Gasteiger partial charge in [0.15, 0.2) is 0 Å². The van der Waals surface area contributed by atoms with E-state index in [2.05, 4.69) is 15.3 Å². The van der Waals surface area contributed by atoms with Gasteiger partial charge in [0.1, 0.15) is 30.4 Å². The highest BCUT2D eigenvalue weighted by molar-refractivity contribution is 5.33. The van der Waals surface area contributed by atoms with Crippen LogP contribution in [0.15, 0.2) is 67.1 Å². The van der Waals surface area contributed by atoms with Gasteiger partial charge in [0.25, 0.3) is 0 Å². The van der Waals surface area contributed by atoms with E-state index in [1.165, 1.54) is 0 Å². The Morgan fingerprint density at radius 2 is 1.77 bits per heavy atom. The van der Waals surface area contributed by atoms with Crippen LogP contribution in [0.5, 0.6) is 17.4 Å². The maximum absolute atomic E-state index is 10.1. The van der Waals surface area contributed by atoms with Crippen LogP contribution in [0.3, 0.4) is 0 Å². The lowest BCUT2D eigenvalue weighted by atomic mass is 10.1. The molecule has 1 unspecified atom stereocenters. The highest BCUT2D eigenvalue weighted by Gasteiger charge is 2.10. The molecule has 0 fully saturated rings. The molecule has 3 rings (SSSR count). The van der Waals surface area contributed by atoms with E-state index in [0.29, 0.717) is 35.8 Å². The van der Waals surface area contributed by atoms with Crippen LogP contribution in [0.1, 0.15) is 17.5 Å².